The highest BCUT2D eigenvalue weighted by Crippen LogP contribution is 2.24. The van der Waals surface area contributed by atoms with Crippen LogP contribution in [0.5, 0.6) is 5.75 Å². The van der Waals surface area contributed by atoms with Gasteiger partial charge in [-0.05, 0) is 37.1 Å². The van der Waals surface area contributed by atoms with Crippen molar-refractivity contribution in [3.8, 4) is 17.1 Å². The number of nitrogens with one attached hydrogen (secondary N) is 1. The van der Waals surface area contributed by atoms with Gasteiger partial charge in [0.05, 0.1) is 7.11 Å². The van der Waals surface area contributed by atoms with Gasteiger partial charge in [0.15, 0.2) is 0 Å². The van der Waals surface area contributed by atoms with E-state index in [1.54, 1.807) is 7.11 Å². The average molecular weight is 273 g/mol. The minimum atomic E-state index is 0.466. The highest BCUT2D eigenvalue weighted by Gasteiger charge is 2.16. The number of ether oxygens (including phenoxy) is 1. The van der Waals surface area contributed by atoms with E-state index in [0.29, 0.717) is 17.9 Å². The lowest BCUT2D eigenvalue weighted by molar-refractivity contribution is 0.407. The van der Waals surface area contributed by atoms with E-state index < -0.39 is 0 Å². The molecule has 20 heavy (non-hydrogen) atoms. The molecule has 1 saturated carbocycles. The predicted molar refractivity (Wildman–Crippen MR) is 76.8 cm³/mol. The summed E-state index contributed by atoms with van der Waals surface area (Å²) in [5.74, 6) is 1.42. The molecule has 1 aromatic carbocycles. The van der Waals surface area contributed by atoms with Gasteiger partial charge in [0.1, 0.15) is 5.75 Å². The van der Waals surface area contributed by atoms with E-state index in [0.717, 1.165) is 11.3 Å². The molecule has 1 aliphatic carbocycles. The van der Waals surface area contributed by atoms with Gasteiger partial charge in [-0.3, -0.25) is 0 Å². The monoisotopic (exact) mass is 273 g/mol. The van der Waals surface area contributed by atoms with Gasteiger partial charge >= 0.3 is 6.01 Å². The topological polar surface area (TPSA) is 60.2 Å². The van der Waals surface area contributed by atoms with E-state index in [4.69, 9.17) is 9.26 Å². The Labute approximate surface area is 118 Å². The molecule has 0 radical (unpaired) electrons. The number of hydrogen-bond donors (Lipinski definition) is 1. The maximum absolute atomic E-state index is 5.27. The Kier molecular flexibility index (Phi) is 3.85. The van der Waals surface area contributed by atoms with Crippen molar-refractivity contribution in [3.05, 3.63) is 24.3 Å². The van der Waals surface area contributed by atoms with Crippen LogP contribution in [0.1, 0.15) is 32.1 Å². The van der Waals surface area contributed by atoms with Crippen molar-refractivity contribution >= 4 is 6.01 Å². The molecule has 5 nitrogen and oxygen atoms in total. The summed E-state index contributed by atoms with van der Waals surface area (Å²) in [6.07, 6.45) is 6.24. The van der Waals surface area contributed by atoms with Gasteiger partial charge in [-0.15, -0.1) is 0 Å². The Morgan fingerprint density at radius 2 is 1.90 bits per heavy atom. The van der Waals surface area contributed by atoms with Crippen LogP contribution in [0.2, 0.25) is 0 Å². The minimum absolute atomic E-state index is 0.466. The van der Waals surface area contributed by atoms with Gasteiger partial charge in [-0.1, -0.05) is 24.4 Å². The fraction of sp³-hybridized carbons (Fsp3) is 0.467. The normalized spacial score (nSPS) is 16.1. The van der Waals surface area contributed by atoms with E-state index in [1.165, 1.54) is 32.1 Å². The van der Waals surface area contributed by atoms with Gasteiger partial charge in [0.2, 0.25) is 5.82 Å². The van der Waals surface area contributed by atoms with Crippen LogP contribution in [0.3, 0.4) is 0 Å². The number of rotatable bonds is 4. The molecule has 2 aromatic rings. The summed E-state index contributed by atoms with van der Waals surface area (Å²) in [6.45, 7) is 0. The second-order valence-electron chi connectivity index (χ2n) is 5.13. The molecule has 0 unspecified atom stereocenters. The smallest absolute Gasteiger partial charge is 0.322 e. The first-order chi connectivity index (χ1) is 9.85. The molecule has 106 valence electrons. The van der Waals surface area contributed by atoms with Crippen LogP contribution in [0.25, 0.3) is 11.4 Å². The van der Waals surface area contributed by atoms with Crippen molar-refractivity contribution in [2.45, 2.75) is 38.1 Å². The molecular weight excluding hydrogens is 254 g/mol. The predicted octanol–water partition coefficient (Wildman–Crippen LogP) is 3.49. The second-order valence-corrected chi connectivity index (χ2v) is 5.13. The fourth-order valence-electron chi connectivity index (χ4n) is 2.56. The Morgan fingerprint density at radius 1 is 1.15 bits per heavy atom. The second kappa shape index (κ2) is 5.94. The van der Waals surface area contributed by atoms with E-state index >= 15 is 0 Å². The van der Waals surface area contributed by atoms with Crippen molar-refractivity contribution in [3.63, 3.8) is 0 Å². The lowest BCUT2D eigenvalue weighted by atomic mass is 9.96. The molecule has 1 aliphatic rings. The first-order valence-electron chi connectivity index (χ1n) is 7.10. The maximum Gasteiger partial charge on any atom is 0.322 e. The summed E-state index contributed by atoms with van der Waals surface area (Å²) in [5, 5.41) is 7.35. The Morgan fingerprint density at radius 3 is 2.60 bits per heavy atom. The standard InChI is InChI=1S/C15H19N3O2/c1-19-13-9-7-11(8-10-13)14-17-15(20-18-14)16-12-5-3-2-4-6-12/h7-10,12H,2-6H2,1H3,(H,16,17,18). The third kappa shape index (κ3) is 2.92. The molecule has 5 heteroatoms. The first kappa shape index (κ1) is 13.0. The number of aromatic nitrogens is 2. The minimum Gasteiger partial charge on any atom is -0.497 e. The third-order valence-electron chi connectivity index (χ3n) is 3.71. The van der Waals surface area contributed by atoms with Crippen LogP contribution in [0.15, 0.2) is 28.8 Å². The van der Waals surface area contributed by atoms with Crippen LogP contribution in [0, 0.1) is 0 Å². The zero-order chi connectivity index (χ0) is 13.8. The highest BCUT2D eigenvalue weighted by molar-refractivity contribution is 5.56. The molecule has 0 saturated heterocycles. The molecule has 3 rings (SSSR count). The van der Waals surface area contributed by atoms with Crippen LogP contribution >= 0.6 is 0 Å². The summed E-state index contributed by atoms with van der Waals surface area (Å²) in [7, 11) is 1.65. The molecule has 0 atom stereocenters. The molecule has 0 spiro atoms. The van der Waals surface area contributed by atoms with Gasteiger partial charge < -0.3 is 14.6 Å². The summed E-state index contributed by atoms with van der Waals surface area (Å²) in [5.41, 5.74) is 0.922. The van der Waals surface area contributed by atoms with Crippen molar-refractivity contribution in [1.29, 1.82) is 0 Å². The van der Waals surface area contributed by atoms with Crippen LogP contribution in [0.4, 0.5) is 6.01 Å². The number of methoxy groups -OCH3 is 1. The lowest BCUT2D eigenvalue weighted by Gasteiger charge is -2.21. The molecule has 0 amide bonds. The summed E-state index contributed by atoms with van der Waals surface area (Å²) < 4.78 is 10.4. The zero-order valence-corrected chi connectivity index (χ0v) is 11.6. The number of benzene rings is 1. The maximum atomic E-state index is 5.27. The number of anilines is 1. The highest BCUT2D eigenvalue weighted by atomic mass is 16.5. The van der Waals surface area contributed by atoms with Crippen LogP contribution < -0.4 is 10.1 Å². The molecule has 1 aromatic heterocycles. The largest absolute Gasteiger partial charge is 0.497 e. The van der Waals surface area contributed by atoms with E-state index in [-0.39, 0.29) is 0 Å². The van der Waals surface area contributed by atoms with E-state index in [2.05, 4.69) is 15.5 Å². The number of hydrogen-bond acceptors (Lipinski definition) is 5. The Bertz CT molecular complexity index is 545. The van der Waals surface area contributed by atoms with Crippen molar-refractivity contribution < 1.29 is 9.26 Å². The summed E-state index contributed by atoms with van der Waals surface area (Å²) >= 11 is 0. The van der Waals surface area contributed by atoms with Crippen molar-refractivity contribution in [2.24, 2.45) is 0 Å². The first-order valence-corrected chi connectivity index (χ1v) is 7.10. The van der Waals surface area contributed by atoms with Gasteiger partial charge in [0, 0.05) is 11.6 Å². The van der Waals surface area contributed by atoms with Crippen LogP contribution in [-0.2, 0) is 0 Å². The van der Waals surface area contributed by atoms with Gasteiger partial charge in [0.25, 0.3) is 0 Å². The van der Waals surface area contributed by atoms with Gasteiger partial charge in [-0.25, -0.2) is 0 Å². The van der Waals surface area contributed by atoms with Crippen molar-refractivity contribution in [1.82, 2.24) is 10.1 Å². The fourth-order valence-corrected chi connectivity index (χ4v) is 2.56. The number of nitrogens with zero attached hydrogens (tertiary/aromatic N) is 2. The van der Waals surface area contributed by atoms with E-state index in [9.17, 15) is 0 Å². The van der Waals surface area contributed by atoms with Gasteiger partial charge in [-0.2, -0.15) is 4.98 Å². The van der Waals surface area contributed by atoms with Crippen LogP contribution in [-0.4, -0.2) is 23.3 Å². The quantitative estimate of drug-likeness (QED) is 0.924. The zero-order valence-electron chi connectivity index (χ0n) is 11.6. The molecule has 0 aliphatic heterocycles. The third-order valence-corrected chi connectivity index (χ3v) is 3.71. The average Bonchev–Trinajstić information content (AvgIpc) is 2.97. The lowest BCUT2D eigenvalue weighted by Crippen LogP contribution is -2.22. The molecule has 1 N–H and O–H groups in total. The Balaban J connectivity index is 1.68. The molecule has 1 heterocycles. The van der Waals surface area contributed by atoms with Crippen molar-refractivity contribution in [2.75, 3.05) is 12.4 Å². The summed E-state index contributed by atoms with van der Waals surface area (Å²) in [6, 6.07) is 8.61. The Hall–Kier alpha value is -2.04. The molecule has 0 bridgehead atoms. The summed E-state index contributed by atoms with van der Waals surface area (Å²) in [4.78, 5) is 4.40. The molecule has 1 fully saturated rings. The molecular formula is C15H19N3O2. The van der Waals surface area contributed by atoms with E-state index in [1.807, 2.05) is 24.3 Å². The SMILES string of the molecule is COc1ccc(-c2noc(NC3CCCCC3)n2)cc1.